The fourth-order valence-corrected chi connectivity index (χ4v) is 8.10. The number of hydrogen-bond acceptors (Lipinski definition) is 4. The summed E-state index contributed by atoms with van der Waals surface area (Å²) < 4.78 is 27.0. The second-order valence-electron chi connectivity index (χ2n) is 14.1. The highest BCUT2D eigenvalue weighted by atomic mass is 31.2. The van der Waals surface area contributed by atoms with Crippen LogP contribution in [0.4, 0.5) is 0 Å². The van der Waals surface area contributed by atoms with Gasteiger partial charge in [-0.2, -0.15) is 0 Å². The van der Waals surface area contributed by atoms with Gasteiger partial charge in [-0.1, -0.05) is 156 Å². The van der Waals surface area contributed by atoms with Gasteiger partial charge in [0.25, 0.3) is 0 Å². The van der Waals surface area contributed by atoms with E-state index in [0.29, 0.717) is 31.6 Å². The topological polar surface area (TPSA) is 50.8 Å². The molecule has 0 amide bonds. The molecule has 0 aromatic heterocycles. The smallest absolute Gasteiger partial charge is 0.302 e. The van der Waals surface area contributed by atoms with Crippen LogP contribution >= 0.6 is 7.75 Å². The normalized spacial score (nSPS) is 16.8. The number of unbranched alkanes of at least 4 members (excludes halogenated alkanes) is 16. The second-order valence-corrected chi connectivity index (χ2v) is 15.9. The number of likely N-dealkylation sites (tertiary alicyclic amines) is 1. The van der Waals surface area contributed by atoms with Crippen LogP contribution in [0.2, 0.25) is 0 Å². The molecule has 1 aliphatic rings. The quantitative estimate of drug-likeness (QED) is 0.0559. The number of hydrogen-bond donors (Lipinski definition) is 1. The summed E-state index contributed by atoms with van der Waals surface area (Å²) >= 11 is 0. The first kappa shape index (κ1) is 42.1. The maximum atomic E-state index is 14.3. The molecule has 0 saturated carbocycles. The van der Waals surface area contributed by atoms with Gasteiger partial charge in [0.05, 0.1) is 13.2 Å². The van der Waals surface area contributed by atoms with Gasteiger partial charge < -0.3 is 4.90 Å². The Morgan fingerprint density at radius 3 is 1.27 bits per heavy atom. The first-order valence-corrected chi connectivity index (χ1v) is 21.5. The lowest BCUT2D eigenvalue weighted by Gasteiger charge is -2.26. The Labute approximate surface area is 276 Å². The minimum Gasteiger partial charge on any atom is -0.302 e. The predicted octanol–water partition coefficient (Wildman–Crippen LogP) is 12.5. The number of nitrogens with one attached hydrogen (secondary N) is 1. The third-order valence-electron chi connectivity index (χ3n) is 9.76. The standard InChI is InChI=1S/C38H79N2O3P/c1-5-9-13-17-19-23-29-37(27-21-15-11-7-3)35-42-44(41,39-31-34-40-32-25-26-33-40)43-36-38(28-22-16-12-8-4)30-24-20-18-14-10-6-2/h37-38H,5-36H2,1-4H3,(H,39,41). The molecule has 0 aromatic rings. The van der Waals surface area contributed by atoms with Crippen LogP contribution < -0.4 is 5.09 Å². The van der Waals surface area contributed by atoms with Crippen molar-refractivity contribution in [1.29, 1.82) is 0 Å². The van der Waals surface area contributed by atoms with Gasteiger partial charge in [-0.25, -0.2) is 9.65 Å². The van der Waals surface area contributed by atoms with Gasteiger partial charge in [-0.3, -0.25) is 9.05 Å². The van der Waals surface area contributed by atoms with Crippen LogP contribution in [0, 0.1) is 11.8 Å². The van der Waals surface area contributed by atoms with E-state index < -0.39 is 7.75 Å². The molecular formula is C38H79N2O3P. The van der Waals surface area contributed by atoms with Crippen LogP contribution in [-0.4, -0.2) is 44.3 Å². The summed E-state index contributed by atoms with van der Waals surface area (Å²) in [5.41, 5.74) is 0. The average Bonchev–Trinajstić information content (AvgIpc) is 3.55. The molecular weight excluding hydrogens is 563 g/mol. The van der Waals surface area contributed by atoms with E-state index in [1.165, 1.54) is 167 Å². The van der Waals surface area contributed by atoms with E-state index in [1.807, 2.05) is 0 Å². The summed E-state index contributed by atoms with van der Waals surface area (Å²) in [5, 5.41) is 3.34. The van der Waals surface area contributed by atoms with Crippen molar-refractivity contribution in [2.75, 3.05) is 39.4 Å². The van der Waals surface area contributed by atoms with Crippen LogP contribution in [-0.2, 0) is 13.6 Å². The van der Waals surface area contributed by atoms with Crippen molar-refractivity contribution < 1.29 is 13.6 Å². The van der Waals surface area contributed by atoms with Gasteiger partial charge in [0.15, 0.2) is 0 Å². The summed E-state index contributed by atoms with van der Waals surface area (Å²) in [6.45, 7) is 14.2. The molecule has 5 nitrogen and oxygen atoms in total. The molecule has 1 fully saturated rings. The fourth-order valence-electron chi connectivity index (χ4n) is 6.66. The van der Waals surface area contributed by atoms with Crippen molar-refractivity contribution in [1.82, 2.24) is 9.99 Å². The van der Waals surface area contributed by atoms with Crippen LogP contribution in [0.15, 0.2) is 0 Å². The Bertz CT molecular complexity index is 604. The third kappa shape index (κ3) is 24.3. The largest absolute Gasteiger partial charge is 0.405 e. The summed E-state index contributed by atoms with van der Waals surface area (Å²) in [6, 6.07) is 0. The lowest BCUT2D eigenvalue weighted by Crippen LogP contribution is -2.30. The molecule has 1 heterocycles. The van der Waals surface area contributed by atoms with Crippen molar-refractivity contribution in [3.63, 3.8) is 0 Å². The van der Waals surface area contributed by atoms with Crippen LogP contribution in [0.25, 0.3) is 0 Å². The Kier molecular flexibility index (Phi) is 29.1. The predicted molar refractivity (Wildman–Crippen MR) is 194 cm³/mol. The van der Waals surface area contributed by atoms with E-state index in [2.05, 4.69) is 37.7 Å². The van der Waals surface area contributed by atoms with Crippen LogP contribution in [0.3, 0.4) is 0 Å². The SMILES string of the molecule is CCCCCCCCC(CCCCCC)COP(=O)(NCCN1CCCC1)OCC(CCCCCC)CCCCCCCC. The van der Waals surface area contributed by atoms with Crippen molar-refractivity contribution in [2.45, 2.75) is 195 Å². The van der Waals surface area contributed by atoms with E-state index in [-0.39, 0.29) is 0 Å². The van der Waals surface area contributed by atoms with Gasteiger partial charge >= 0.3 is 7.75 Å². The van der Waals surface area contributed by atoms with Gasteiger partial charge in [0, 0.05) is 13.1 Å². The van der Waals surface area contributed by atoms with Gasteiger partial charge in [-0.15, -0.1) is 0 Å². The zero-order valence-corrected chi connectivity index (χ0v) is 31.3. The van der Waals surface area contributed by atoms with Crippen molar-refractivity contribution in [3.8, 4) is 0 Å². The Morgan fingerprint density at radius 1 is 0.545 bits per heavy atom. The number of rotatable bonds is 34. The van der Waals surface area contributed by atoms with E-state index >= 15 is 0 Å². The lowest BCUT2D eigenvalue weighted by atomic mass is 9.95. The minimum atomic E-state index is -3.36. The molecule has 44 heavy (non-hydrogen) atoms. The van der Waals surface area contributed by atoms with Crippen LogP contribution in [0.5, 0.6) is 0 Å². The number of nitrogens with zero attached hydrogens (tertiary/aromatic N) is 1. The molecule has 0 radical (unpaired) electrons. The minimum absolute atomic E-state index is 0.475. The Hall–Kier alpha value is 0.0700. The third-order valence-corrected chi connectivity index (χ3v) is 11.3. The summed E-state index contributed by atoms with van der Waals surface area (Å²) in [7, 11) is -3.36. The summed E-state index contributed by atoms with van der Waals surface area (Å²) in [5.74, 6) is 0.951. The van der Waals surface area contributed by atoms with E-state index in [1.54, 1.807) is 0 Å². The zero-order chi connectivity index (χ0) is 32.0. The highest BCUT2D eigenvalue weighted by molar-refractivity contribution is 7.51. The Balaban J connectivity index is 2.77. The molecule has 1 rings (SSSR count). The maximum absolute atomic E-state index is 14.3. The maximum Gasteiger partial charge on any atom is 0.405 e. The molecule has 2 atom stereocenters. The summed E-state index contributed by atoms with van der Waals surface area (Å²) in [4.78, 5) is 2.47. The highest BCUT2D eigenvalue weighted by Crippen LogP contribution is 2.45. The molecule has 264 valence electrons. The second kappa shape index (κ2) is 30.4. The van der Waals surface area contributed by atoms with Gasteiger partial charge in [0.2, 0.25) is 0 Å². The van der Waals surface area contributed by atoms with Gasteiger partial charge in [0.1, 0.15) is 0 Å². The van der Waals surface area contributed by atoms with E-state index in [9.17, 15) is 4.57 Å². The van der Waals surface area contributed by atoms with Crippen LogP contribution in [0.1, 0.15) is 195 Å². The van der Waals surface area contributed by atoms with Gasteiger partial charge in [-0.05, 0) is 63.5 Å². The van der Waals surface area contributed by atoms with Crippen molar-refractivity contribution in [2.24, 2.45) is 11.8 Å². The van der Waals surface area contributed by atoms with Crippen molar-refractivity contribution >= 4 is 7.75 Å². The molecule has 0 bridgehead atoms. The molecule has 2 unspecified atom stereocenters. The molecule has 1 aliphatic heterocycles. The first-order chi connectivity index (χ1) is 21.6. The molecule has 0 aromatic carbocycles. The molecule has 0 spiro atoms. The Morgan fingerprint density at radius 2 is 0.886 bits per heavy atom. The molecule has 0 aliphatic carbocycles. The first-order valence-electron chi connectivity index (χ1n) is 19.9. The zero-order valence-electron chi connectivity index (χ0n) is 30.4. The molecule has 1 saturated heterocycles. The highest BCUT2D eigenvalue weighted by Gasteiger charge is 2.28. The monoisotopic (exact) mass is 643 g/mol. The molecule has 6 heteroatoms. The summed E-state index contributed by atoms with van der Waals surface area (Å²) in [6.07, 6.45) is 33.4. The lowest BCUT2D eigenvalue weighted by molar-refractivity contribution is 0.139. The van der Waals surface area contributed by atoms with E-state index in [0.717, 1.165) is 19.6 Å². The molecule has 1 N–H and O–H groups in total. The average molecular weight is 643 g/mol. The van der Waals surface area contributed by atoms with Crippen molar-refractivity contribution in [3.05, 3.63) is 0 Å². The van der Waals surface area contributed by atoms with E-state index in [4.69, 9.17) is 9.05 Å². The fraction of sp³-hybridized carbons (Fsp3) is 1.00.